The van der Waals surface area contributed by atoms with Crippen molar-refractivity contribution in [3.8, 4) is 6.07 Å². The highest BCUT2D eigenvalue weighted by molar-refractivity contribution is 5.76. The lowest BCUT2D eigenvalue weighted by molar-refractivity contribution is -0.122. The van der Waals surface area contributed by atoms with Crippen LogP contribution in [0.4, 0.5) is 0 Å². The van der Waals surface area contributed by atoms with E-state index < -0.39 is 5.41 Å². The first-order valence-electron chi connectivity index (χ1n) is 6.68. The third kappa shape index (κ3) is 3.00. The summed E-state index contributed by atoms with van der Waals surface area (Å²) in [5.41, 5.74) is -0.454. The Kier molecular flexibility index (Phi) is 3.42. The van der Waals surface area contributed by atoms with Gasteiger partial charge in [0.1, 0.15) is 0 Å². The number of nitrogens with zero attached hydrogens (tertiary/aromatic N) is 1. The van der Waals surface area contributed by atoms with Crippen molar-refractivity contribution in [3.05, 3.63) is 0 Å². The molecule has 1 N–H and O–H groups in total. The van der Waals surface area contributed by atoms with Crippen LogP contribution < -0.4 is 5.32 Å². The Balaban J connectivity index is 1.73. The molecule has 2 saturated carbocycles. The summed E-state index contributed by atoms with van der Waals surface area (Å²) in [6.07, 6.45) is 5.97. The number of nitrogens with one attached hydrogen (secondary N) is 1. The van der Waals surface area contributed by atoms with Crippen LogP contribution in [-0.2, 0) is 4.79 Å². The molecule has 2 bridgehead atoms. The number of fused-ring (bicyclic) bond motifs is 2. The van der Waals surface area contributed by atoms with Gasteiger partial charge in [0, 0.05) is 13.0 Å². The smallest absolute Gasteiger partial charge is 0.220 e. The number of hydrogen-bond acceptors (Lipinski definition) is 2. The Labute approximate surface area is 104 Å². The monoisotopic (exact) mass is 234 g/mol. The van der Waals surface area contributed by atoms with Crippen molar-refractivity contribution in [3.63, 3.8) is 0 Å². The zero-order valence-electron chi connectivity index (χ0n) is 10.8. The Bertz CT molecular complexity index is 343. The summed E-state index contributed by atoms with van der Waals surface area (Å²) < 4.78 is 0. The van der Waals surface area contributed by atoms with E-state index in [0.29, 0.717) is 18.9 Å². The highest BCUT2D eigenvalue weighted by atomic mass is 16.1. The fraction of sp³-hybridized carbons (Fsp3) is 0.857. The summed E-state index contributed by atoms with van der Waals surface area (Å²) in [5.74, 6) is 2.44. The third-order valence-corrected chi connectivity index (χ3v) is 4.36. The number of nitriles is 1. The molecule has 3 atom stereocenters. The average Bonchev–Trinajstić information content (AvgIpc) is 2.88. The molecule has 94 valence electrons. The Hall–Kier alpha value is -1.04. The highest BCUT2D eigenvalue weighted by Crippen LogP contribution is 2.49. The van der Waals surface area contributed by atoms with E-state index >= 15 is 0 Å². The predicted molar refractivity (Wildman–Crippen MR) is 66.0 cm³/mol. The van der Waals surface area contributed by atoms with Crippen LogP contribution in [0.5, 0.6) is 0 Å². The zero-order chi connectivity index (χ0) is 12.5. The molecule has 3 unspecified atom stereocenters. The van der Waals surface area contributed by atoms with Gasteiger partial charge in [-0.2, -0.15) is 5.26 Å². The van der Waals surface area contributed by atoms with Gasteiger partial charge >= 0.3 is 0 Å². The maximum absolute atomic E-state index is 11.8. The van der Waals surface area contributed by atoms with Crippen LogP contribution >= 0.6 is 0 Å². The Morgan fingerprint density at radius 3 is 2.71 bits per heavy atom. The second-order valence-electron chi connectivity index (χ2n) is 6.41. The fourth-order valence-electron chi connectivity index (χ4n) is 3.30. The van der Waals surface area contributed by atoms with Crippen LogP contribution in [0.3, 0.4) is 0 Å². The van der Waals surface area contributed by atoms with Crippen molar-refractivity contribution in [2.24, 2.45) is 23.2 Å². The number of carbonyl (C=O) groups is 1. The van der Waals surface area contributed by atoms with Crippen molar-refractivity contribution in [2.45, 2.75) is 46.0 Å². The van der Waals surface area contributed by atoms with Crippen LogP contribution in [0.15, 0.2) is 0 Å². The molecule has 0 aromatic carbocycles. The number of carbonyl (C=O) groups excluding carboxylic acids is 1. The minimum absolute atomic E-state index is 0.130. The predicted octanol–water partition coefficient (Wildman–Crippen LogP) is 2.48. The molecule has 0 heterocycles. The van der Waals surface area contributed by atoms with E-state index in [-0.39, 0.29) is 5.91 Å². The Morgan fingerprint density at radius 2 is 2.18 bits per heavy atom. The van der Waals surface area contributed by atoms with Gasteiger partial charge in [0.25, 0.3) is 0 Å². The molecule has 0 saturated heterocycles. The molecule has 1 amide bonds. The van der Waals surface area contributed by atoms with E-state index in [9.17, 15) is 4.79 Å². The van der Waals surface area contributed by atoms with E-state index in [2.05, 4.69) is 11.4 Å². The van der Waals surface area contributed by atoms with Gasteiger partial charge < -0.3 is 5.32 Å². The van der Waals surface area contributed by atoms with E-state index in [1.165, 1.54) is 25.7 Å². The molecule has 0 aliphatic heterocycles. The third-order valence-electron chi connectivity index (χ3n) is 4.36. The summed E-state index contributed by atoms with van der Waals surface area (Å²) >= 11 is 0. The molecular formula is C14H22N2O. The van der Waals surface area contributed by atoms with Gasteiger partial charge in [-0.3, -0.25) is 4.79 Å². The van der Waals surface area contributed by atoms with E-state index in [1.54, 1.807) is 0 Å². The lowest BCUT2D eigenvalue weighted by Crippen LogP contribution is -2.34. The van der Waals surface area contributed by atoms with Crippen LogP contribution in [0.2, 0.25) is 0 Å². The molecule has 0 aromatic rings. The molecule has 2 aliphatic carbocycles. The topological polar surface area (TPSA) is 52.9 Å². The molecular weight excluding hydrogens is 212 g/mol. The fourth-order valence-corrected chi connectivity index (χ4v) is 3.30. The number of amides is 1. The number of hydrogen-bond donors (Lipinski definition) is 1. The average molecular weight is 234 g/mol. The zero-order valence-corrected chi connectivity index (χ0v) is 10.8. The van der Waals surface area contributed by atoms with Crippen molar-refractivity contribution in [1.29, 1.82) is 5.26 Å². The van der Waals surface area contributed by atoms with Gasteiger partial charge in [-0.25, -0.2) is 0 Å². The maximum Gasteiger partial charge on any atom is 0.220 e. The van der Waals surface area contributed by atoms with Crippen LogP contribution in [0, 0.1) is 34.5 Å². The Morgan fingerprint density at radius 1 is 1.41 bits per heavy atom. The van der Waals surface area contributed by atoms with Gasteiger partial charge in [-0.15, -0.1) is 0 Å². The molecule has 2 aliphatic rings. The van der Waals surface area contributed by atoms with Gasteiger partial charge in [-0.1, -0.05) is 6.42 Å². The van der Waals surface area contributed by atoms with Crippen molar-refractivity contribution in [1.82, 2.24) is 5.32 Å². The molecule has 17 heavy (non-hydrogen) atoms. The first kappa shape index (κ1) is 12.4. The molecule has 3 heteroatoms. The van der Waals surface area contributed by atoms with E-state index in [1.807, 2.05) is 13.8 Å². The van der Waals surface area contributed by atoms with Gasteiger partial charge in [-0.05, 0) is 50.9 Å². The normalized spacial score (nSPS) is 31.2. The molecule has 2 fully saturated rings. The van der Waals surface area contributed by atoms with Crippen molar-refractivity contribution >= 4 is 5.91 Å². The lowest BCUT2D eigenvalue weighted by Gasteiger charge is -2.22. The summed E-state index contributed by atoms with van der Waals surface area (Å²) in [7, 11) is 0. The van der Waals surface area contributed by atoms with E-state index in [4.69, 9.17) is 5.26 Å². The lowest BCUT2D eigenvalue weighted by atomic mass is 9.86. The largest absolute Gasteiger partial charge is 0.355 e. The minimum Gasteiger partial charge on any atom is -0.355 e. The van der Waals surface area contributed by atoms with Crippen molar-refractivity contribution in [2.75, 3.05) is 6.54 Å². The second kappa shape index (κ2) is 4.68. The summed E-state index contributed by atoms with van der Waals surface area (Å²) in [4.78, 5) is 11.8. The standard InChI is InChI=1S/C14H22N2O/c1-14(2,8-15)9-16-13(17)7-12-6-10-3-4-11(12)5-10/h10-12H,3-7,9H2,1-2H3,(H,16,17). The first-order valence-corrected chi connectivity index (χ1v) is 6.68. The van der Waals surface area contributed by atoms with Crippen molar-refractivity contribution < 1.29 is 4.79 Å². The van der Waals surface area contributed by atoms with Gasteiger partial charge in [0.2, 0.25) is 5.91 Å². The summed E-state index contributed by atoms with van der Waals surface area (Å²) in [6.45, 7) is 4.17. The minimum atomic E-state index is -0.454. The molecule has 0 aromatic heterocycles. The molecule has 0 spiro atoms. The van der Waals surface area contributed by atoms with Crippen LogP contribution in [-0.4, -0.2) is 12.5 Å². The summed E-state index contributed by atoms with van der Waals surface area (Å²) in [6, 6.07) is 2.20. The highest BCUT2D eigenvalue weighted by Gasteiger charge is 2.40. The first-order chi connectivity index (χ1) is 8.00. The van der Waals surface area contributed by atoms with Crippen LogP contribution in [0.1, 0.15) is 46.0 Å². The maximum atomic E-state index is 11.8. The molecule has 3 nitrogen and oxygen atoms in total. The number of rotatable bonds is 4. The van der Waals surface area contributed by atoms with Crippen LogP contribution in [0.25, 0.3) is 0 Å². The molecule has 0 radical (unpaired) electrons. The summed E-state index contributed by atoms with van der Waals surface area (Å²) in [5, 5.41) is 11.8. The SMILES string of the molecule is CC(C)(C#N)CNC(=O)CC1CC2CCC1C2. The van der Waals surface area contributed by atoms with Gasteiger partial charge in [0.05, 0.1) is 11.5 Å². The molecule has 2 rings (SSSR count). The quantitative estimate of drug-likeness (QED) is 0.812. The second-order valence-corrected chi connectivity index (χ2v) is 6.41. The van der Waals surface area contributed by atoms with E-state index in [0.717, 1.165) is 11.8 Å². The van der Waals surface area contributed by atoms with Gasteiger partial charge in [0.15, 0.2) is 0 Å².